The Morgan fingerprint density at radius 2 is 2.00 bits per heavy atom. The van der Waals surface area contributed by atoms with E-state index in [1.54, 1.807) is 12.3 Å². The molecule has 0 radical (unpaired) electrons. The number of rotatable bonds is 5. The van der Waals surface area contributed by atoms with Gasteiger partial charge in [-0.15, -0.1) is 24.8 Å². The van der Waals surface area contributed by atoms with Crippen molar-refractivity contribution in [1.82, 2.24) is 10.3 Å². The van der Waals surface area contributed by atoms with Gasteiger partial charge in [0, 0.05) is 26.6 Å². The Hall–Kier alpha value is -1.04. The highest BCUT2D eigenvalue weighted by Crippen LogP contribution is 2.12. The average Bonchev–Trinajstić information content (AvgIpc) is 2.30. The van der Waals surface area contributed by atoms with Crippen LogP contribution in [0.5, 0.6) is 0 Å². The molecule has 1 unspecified atom stereocenters. The predicted molar refractivity (Wildman–Crippen MR) is 84.8 cm³/mol. The maximum atomic E-state index is 11.7. The van der Waals surface area contributed by atoms with Gasteiger partial charge in [0.05, 0.1) is 11.9 Å². The number of pyridine rings is 1. The van der Waals surface area contributed by atoms with Gasteiger partial charge >= 0.3 is 0 Å². The molecule has 1 aromatic heterocycles. The van der Waals surface area contributed by atoms with E-state index >= 15 is 0 Å². The van der Waals surface area contributed by atoms with Gasteiger partial charge in [-0.3, -0.25) is 4.79 Å². The quantitative estimate of drug-likeness (QED) is 0.870. The lowest BCUT2D eigenvalue weighted by Gasteiger charge is -2.13. The van der Waals surface area contributed by atoms with Crippen LogP contribution in [0, 0.1) is 5.92 Å². The van der Waals surface area contributed by atoms with Crippen LogP contribution >= 0.6 is 24.8 Å². The highest BCUT2D eigenvalue weighted by Gasteiger charge is 2.12. The second-order valence-electron chi connectivity index (χ2n) is 4.24. The van der Waals surface area contributed by atoms with Crippen molar-refractivity contribution >= 4 is 42.2 Å². The average molecular weight is 309 g/mol. The number of halogens is 2. The molecule has 0 aliphatic heterocycles. The molecule has 5 nitrogen and oxygen atoms in total. The van der Waals surface area contributed by atoms with Crippen LogP contribution in [-0.2, 0) is 4.79 Å². The molecule has 1 rings (SSSR count). The Morgan fingerprint density at radius 3 is 2.42 bits per heavy atom. The van der Waals surface area contributed by atoms with Gasteiger partial charge in [0.15, 0.2) is 0 Å². The topological polar surface area (TPSA) is 57.3 Å². The number of nitrogens with zero attached hydrogens (tertiary/aromatic N) is 2. The molecule has 0 bridgehead atoms. The van der Waals surface area contributed by atoms with E-state index < -0.39 is 0 Å². The number of carbonyl (C=O) groups excluding carboxylic acids is 1. The molecule has 1 atom stereocenters. The predicted octanol–water partition coefficient (Wildman–Crippen LogP) is 1.79. The summed E-state index contributed by atoms with van der Waals surface area (Å²) in [6.45, 7) is 2.53. The summed E-state index contributed by atoms with van der Waals surface area (Å²) in [4.78, 5) is 17.9. The summed E-state index contributed by atoms with van der Waals surface area (Å²) in [6.07, 6.45) is 1.73. The van der Waals surface area contributed by atoms with E-state index in [4.69, 9.17) is 0 Å². The third kappa shape index (κ3) is 6.61. The van der Waals surface area contributed by atoms with Gasteiger partial charge in [0.2, 0.25) is 5.91 Å². The number of nitrogens with one attached hydrogen (secondary N) is 2. The molecule has 1 aromatic rings. The Balaban J connectivity index is 0. The number of aromatic nitrogens is 1. The lowest BCUT2D eigenvalue weighted by molar-refractivity contribution is -0.119. The highest BCUT2D eigenvalue weighted by molar-refractivity contribution is 5.91. The summed E-state index contributed by atoms with van der Waals surface area (Å²) in [5, 5.41) is 5.75. The van der Waals surface area contributed by atoms with E-state index in [2.05, 4.69) is 15.6 Å². The molecule has 0 saturated carbocycles. The first kappa shape index (κ1) is 20.3. The number of hydrogen-bond acceptors (Lipinski definition) is 4. The smallest absolute Gasteiger partial charge is 0.229 e. The third-order valence-electron chi connectivity index (χ3n) is 2.47. The first-order valence-corrected chi connectivity index (χ1v) is 5.63. The monoisotopic (exact) mass is 308 g/mol. The van der Waals surface area contributed by atoms with Gasteiger partial charge < -0.3 is 15.5 Å². The molecule has 0 aromatic carbocycles. The maximum absolute atomic E-state index is 11.7. The molecule has 0 fully saturated rings. The van der Waals surface area contributed by atoms with Crippen LogP contribution in [0.15, 0.2) is 18.3 Å². The first-order chi connectivity index (χ1) is 8.04. The van der Waals surface area contributed by atoms with Crippen LogP contribution in [-0.4, -0.2) is 38.6 Å². The molecule has 1 amide bonds. The molecule has 1 heterocycles. The summed E-state index contributed by atoms with van der Waals surface area (Å²) in [5.74, 6) is 0.489. The lowest BCUT2D eigenvalue weighted by Crippen LogP contribution is -2.28. The number of amides is 1. The Bertz CT molecular complexity index is 370. The van der Waals surface area contributed by atoms with E-state index in [1.165, 1.54) is 0 Å². The first-order valence-electron chi connectivity index (χ1n) is 5.63. The highest BCUT2D eigenvalue weighted by atomic mass is 35.5. The Kier molecular flexibility index (Phi) is 10.5. The summed E-state index contributed by atoms with van der Waals surface area (Å²) < 4.78 is 0. The minimum absolute atomic E-state index is 0. The van der Waals surface area contributed by atoms with E-state index in [0.717, 1.165) is 5.69 Å². The number of carbonyl (C=O) groups is 1. The Morgan fingerprint density at radius 1 is 1.37 bits per heavy atom. The van der Waals surface area contributed by atoms with Gasteiger partial charge in [-0.05, 0) is 19.2 Å². The van der Waals surface area contributed by atoms with Crippen molar-refractivity contribution < 1.29 is 4.79 Å². The second-order valence-corrected chi connectivity index (χ2v) is 4.24. The molecule has 2 N–H and O–H groups in total. The van der Waals surface area contributed by atoms with Gasteiger partial charge in [-0.2, -0.15) is 0 Å². The molecule has 19 heavy (non-hydrogen) atoms. The van der Waals surface area contributed by atoms with Crippen molar-refractivity contribution in [3.05, 3.63) is 18.3 Å². The zero-order valence-corrected chi connectivity index (χ0v) is 13.3. The zero-order chi connectivity index (χ0) is 12.8. The molecule has 0 saturated heterocycles. The van der Waals surface area contributed by atoms with Crippen molar-refractivity contribution in [2.75, 3.05) is 37.9 Å². The summed E-state index contributed by atoms with van der Waals surface area (Å²) in [7, 11) is 5.72. The number of anilines is 2. The Labute approximate surface area is 127 Å². The van der Waals surface area contributed by atoms with E-state index in [9.17, 15) is 4.79 Å². The molecule has 110 valence electrons. The van der Waals surface area contributed by atoms with E-state index in [0.29, 0.717) is 12.4 Å². The molecule has 0 spiro atoms. The molecular weight excluding hydrogens is 287 g/mol. The summed E-state index contributed by atoms with van der Waals surface area (Å²) in [6, 6.07) is 3.73. The van der Waals surface area contributed by atoms with Crippen molar-refractivity contribution in [2.24, 2.45) is 5.92 Å². The normalized spacial score (nSPS) is 10.7. The van der Waals surface area contributed by atoms with Crippen molar-refractivity contribution in [3.8, 4) is 0 Å². The van der Waals surface area contributed by atoms with Gasteiger partial charge in [0.25, 0.3) is 0 Å². The van der Waals surface area contributed by atoms with Gasteiger partial charge in [-0.25, -0.2) is 4.98 Å². The van der Waals surface area contributed by atoms with Crippen LogP contribution in [0.3, 0.4) is 0 Å². The maximum Gasteiger partial charge on any atom is 0.229 e. The van der Waals surface area contributed by atoms with Crippen LogP contribution in [0.4, 0.5) is 11.5 Å². The van der Waals surface area contributed by atoms with Crippen LogP contribution < -0.4 is 15.5 Å². The van der Waals surface area contributed by atoms with Crippen molar-refractivity contribution in [2.45, 2.75) is 6.92 Å². The molecule has 0 aliphatic rings. The van der Waals surface area contributed by atoms with E-state index in [-0.39, 0.29) is 36.6 Å². The summed E-state index contributed by atoms with van der Waals surface area (Å²) >= 11 is 0. The van der Waals surface area contributed by atoms with Gasteiger partial charge in [-0.1, -0.05) is 6.92 Å². The largest absolute Gasteiger partial charge is 0.376 e. The standard InChI is InChI=1S/C12H20N4O.2ClH/c1-9(7-13-2)12(17)15-11-6-5-10(8-14-11)16(3)4;;/h5-6,8-9,13H,7H2,1-4H3,(H,14,15,17);2*1H. The number of hydrogen-bond donors (Lipinski definition) is 2. The van der Waals surface area contributed by atoms with E-state index in [1.807, 2.05) is 39.0 Å². The minimum Gasteiger partial charge on any atom is -0.376 e. The fourth-order valence-electron chi connectivity index (χ4n) is 1.37. The van der Waals surface area contributed by atoms with Gasteiger partial charge in [0.1, 0.15) is 5.82 Å². The molecule has 0 aliphatic carbocycles. The van der Waals surface area contributed by atoms with Crippen LogP contribution in [0.1, 0.15) is 6.92 Å². The zero-order valence-electron chi connectivity index (χ0n) is 11.6. The minimum atomic E-state index is -0.0738. The van der Waals surface area contributed by atoms with Crippen molar-refractivity contribution in [1.29, 1.82) is 0 Å². The fraction of sp³-hybridized carbons (Fsp3) is 0.500. The van der Waals surface area contributed by atoms with Crippen molar-refractivity contribution in [3.63, 3.8) is 0 Å². The van der Waals surface area contributed by atoms with Crippen LogP contribution in [0.2, 0.25) is 0 Å². The summed E-state index contributed by atoms with van der Waals surface area (Å²) in [5.41, 5.74) is 1.01. The van der Waals surface area contributed by atoms with Crippen LogP contribution in [0.25, 0.3) is 0 Å². The third-order valence-corrected chi connectivity index (χ3v) is 2.47. The second kappa shape index (κ2) is 9.83. The lowest BCUT2D eigenvalue weighted by atomic mass is 10.1. The SMILES string of the molecule is CNCC(C)C(=O)Nc1ccc(N(C)C)cn1.Cl.Cl. The molecular formula is C12H22Cl2N4O. The molecule has 7 heteroatoms. The fourth-order valence-corrected chi connectivity index (χ4v) is 1.37.